The van der Waals surface area contributed by atoms with Crippen LogP contribution in [0.25, 0.3) is 11.0 Å². The van der Waals surface area contributed by atoms with Crippen molar-refractivity contribution in [2.24, 2.45) is 0 Å². The lowest BCUT2D eigenvalue weighted by Gasteiger charge is -2.16. The molecule has 0 spiro atoms. The van der Waals surface area contributed by atoms with Crippen molar-refractivity contribution in [1.82, 2.24) is 0 Å². The molecular formula is C14H16O5. The average molecular weight is 264 g/mol. The fourth-order valence-electron chi connectivity index (χ4n) is 1.94. The fraction of sp³-hybridized carbons (Fsp3) is 0.357. The Morgan fingerprint density at radius 2 is 2.11 bits per heavy atom. The number of benzene rings is 1. The molecule has 5 heteroatoms. The number of aliphatic hydroxyl groups excluding tert-OH is 2. The van der Waals surface area contributed by atoms with Crippen LogP contribution in [0, 0.1) is 0 Å². The second-order valence-corrected chi connectivity index (χ2v) is 4.21. The molecule has 0 aliphatic rings. The molecule has 1 heterocycles. The molecule has 0 amide bonds. The standard InChI is InChI=1S/C14H16O5/c1-2-18-13(16)7-11(15)14(17)10-8-19-12-6-4-3-5-9(10)12/h3-6,8,11,14-15,17H,2,7H2,1H3. The minimum atomic E-state index is -1.22. The highest BCUT2D eigenvalue weighted by molar-refractivity contribution is 5.81. The minimum absolute atomic E-state index is 0.246. The second kappa shape index (κ2) is 5.86. The zero-order valence-electron chi connectivity index (χ0n) is 10.6. The van der Waals surface area contributed by atoms with Crippen LogP contribution >= 0.6 is 0 Å². The summed E-state index contributed by atoms with van der Waals surface area (Å²) in [7, 11) is 0. The molecule has 19 heavy (non-hydrogen) atoms. The minimum Gasteiger partial charge on any atom is -0.466 e. The molecule has 2 atom stereocenters. The van der Waals surface area contributed by atoms with E-state index in [2.05, 4.69) is 0 Å². The topological polar surface area (TPSA) is 79.9 Å². The van der Waals surface area contributed by atoms with Crippen molar-refractivity contribution in [2.75, 3.05) is 6.61 Å². The first-order valence-corrected chi connectivity index (χ1v) is 6.11. The van der Waals surface area contributed by atoms with E-state index in [0.29, 0.717) is 11.1 Å². The molecule has 0 saturated heterocycles. The Kier molecular flexibility index (Phi) is 4.19. The second-order valence-electron chi connectivity index (χ2n) is 4.21. The predicted octanol–water partition coefficient (Wildman–Crippen LogP) is 1.78. The fourth-order valence-corrected chi connectivity index (χ4v) is 1.94. The van der Waals surface area contributed by atoms with Gasteiger partial charge in [0.2, 0.25) is 0 Å². The smallest absolute Gasteiger partial charge is 0.308 e. The van der Waals surface area contributed by atoms with Gasteiger partial charge in [-0.3, -0.25) is 4.79 Å². The number of carbonyl (C=O) groups excluding carboxylic acids is 1. The third-order valence-electron chi connectivity index (χ3n) is 2.88. The van der Waals surface area contributed by atoms with Gasteiger partial charge in [0.05, 0.1) is 25.4 Å². The van der Waals surface area contributed by atoms with Gasteiger partial charge < -0.3 is 19.4 Å². The lowest BCUT2D eigenvalue weighted by Crippen LogP contribution is -2.23. The molecule has 0 bridgehead atoms. The Morgan fingerprint density at radius 1 is 1.37 bits per heavy atom. The van der Waals surface area contributed by atoms with Gasteiger partial charge in [-0.15, -0.1) is 0 Å². The van der Waals surface area contributed by atoms with Gasteiger partial charge in [-0.1, -0.05) is 18.2 Å². The molecule has 0 aliphatic heterocycles. The SMILES string of the molecule is CCOC(=O)CC(O)C(O)c1coc2ccccc12. The van der Waals surface area contributed by atoms with Crippen LogP contribution < -0.4 is 0 Å². The highest BCUT2D eigenvalue weighted by atomic mass is 16.5. The molecule has 0 saturated carbocycles. The number of fused-ring (bicyclic) bond motifs is 1. The van der Waals surface area contributed by atoms with Crippen molar-refractivity contribution >= 4 is 16.9 Å². The molecular weight excluding hydrogens is 248 g/mol. The van der Waals surface area contributed by atoms with Crippen LogP contribution in [0.1, 0.15) is 25.0 Å². The zero-order valence-corrected chi connectivity index (χ0v) is 10.6. The van der Waals surface area contributed by atoms with Crippen molar-refractivity contribution in [1.29, 1.82) is 0 Å². The molecule has 2 N–H and O–H groups in total. The number of rotatable bonds is 5. The number of para-hydroxylation sites is 1. The quantitative estimate of drug-likeness (QED) is 0.805. The third kappa shape index (κ3) is 2.94. The zero-order chi connectivity index (χ0) is 13.8. The van der Waals surface area contributed by atoms with E-state index >= 15 is 0 Å². The van der Waals surface area contributed by atoms with E-state index in [1.165, 1.54) is 6.26 Å². The molecule has 102 valence electrons. The van der Waals surface area contributed by atoms with Gasteiger partial charge in [0.1, 0.15) is 11.7 Å². The Balaban J connectivity index is 2.14. The Bertz CT molecular complexity index is 560. The number of ether oxygens (including phenoxy) is 1. The lowest BCUT2D eigenvalue weighted by molar-refractivity contribution is -0.147. The van der Waals surface area contributed by atoms with E-state index in [0.717, 1.165) is 5.39 Å². The van der Waals surface area contributed by atoms with Crippen LogP contribution in [-0.2, 0) is 9.53 Å². The number of aliphatic hydroxyl groups is 2. The highest BCUT2D eigenvalue weighted by Crippen LogP contribution is 2.29. The van der Waals surface area contributed by atoms with E-state index in [1.54, 1.807) is 19.1 Å². The van der Waals surface area contributed by atoms with Crippen LogP contribution in [-0.4, -0.2) is 28.9 Å². The number of hydrogen-bond acceptors (Lipinski definition) is 5. The normalized spacial score (nSPS) is 14.3. The van der Waals surface area contributed by atoms with Gasteiger partial charge in [-0.2, -0.15) is 0 Å². The monoisotopic (exact) mass is 264 g/mol. The van der Waals surface area contributed by atoms with E-state index in [1.807, 2.05) is 12.1 Å². The molecule has 0 aliphatic carbocycles. The van der Waals surface area contributed by atoms with Crippen molar-refractivity contribution in [3.63, 3.8) is 0 Å². The molecule has 2 aromatic rings. The molecule has 0 fully saturated rings. The highest BCUT2D eigenvalue weighted by Gasteiger charge is 2.25. The maximum Gasteiger partial charge on any atom is 0.308 e. The summed E-state index contributed by atoms with van der Waals surface area (Å²) in [5.41, 5.74) is 1.09. The first kappa shape index (κ1) is 13.6. The first-order chi connectivity index (χ1) is 9.13. The average Bonchev–Trinajstić information content (AvgIpc) is 2.81. The number of furan rings is 1. The van der Waals surface area contributed by atoms with Crippen molar-refractivity contribution in [3.05, 3.63) is 36.1 Å². The van der Waals surface area contributed by atoms with Gasteiger partial charge in [0, 0.05) is 10.9 Å². The molecule has 2 unspecified atom stereocenters. The maximum absolute atomic E-state index is 11.3. The summed E-state index contributed by atoms with van der Waals surface area (Å²) in [6.07, 6.45) is -1.27. The van der Waals surface area contributed by atoms with Gasteiger partial charge in [0.25, 0.3) is 0 Å². The van der Waals surface area contributed by atoms with Crippen LogP contribution in [0.15, 0.2) is 34.9 Å². The van der Waals surface area contributed by atoms with E-state index < -0.39 is 18.2 Å². The van der Waals surface area contributed by atoms with Crippen LogP contribution in [0.5, 0.6) is 0 Å². The summed E-state index contributed by atoms with van der Waals surface area (Å²) in [6.45, 7) is 1.93. The van der Waals surface area contributed by atoms with E-state index in [9.17, 15) is 15.0 Å². The first-order valence-electron chi connectivity index (χ1n) is 6.11. The van der Waals surface area contributed by atoms with Crippen molar-refractivity contribution < 1.29 is 24.2 Å². The van der Waals surface area contributed by atoms with Gasteiger partial charge >= 0.3 is 5.97 Å². The van der Waals surface area contributed by atoms with Gasteiger partial charge in [0.15, 0.2) is 0 Å². The molecule has 0 radical (unpaired) electrons. The van der Waals surface area contributed by atoms with E-state index in [-0.39, 0.29) is 13.0 Å². The van der Waals surface area contributed by atoms with Gasteiger partial charge in [-0.25, -0.2) is 0 Å². The molecule has 1 aromatic heterocycles. The summed E-state index contributed by atoms with van der Waals surface area (Å²) in [4.78, 5) is 11.3. The summed E-state index contributed by atoms with van der Waals surface area (Å²) in [5.74, 6) is -0.540. The number of esters is 1. The van der Waals surface area contributed by atoms with Gasteiger partial charge in [-0.05, 0) is 13.0 Å². The molecule has 5 nitrogen and oxygen atoms in total. The summed E-state index contributed by atoms with van der Waals surface area (Å²) in [6, 6.07) is 7.18. The maximum atomic E-state index is 11.3. The van der Waals surface area contributed by atoms with Crippen LogP contribution in [0.2, 0.25) is 0 Å². The predicted molar refractivity (Wildman–Crippen MR) is 68.4 cm³/mol. The van der Waals surface area contributed by atoms with Crippen molar-refractivity contribution in [3.8, 4) is 0 Å². The Hall–Kier alpha value is -1.85. The Morgan fingerprint density at radius 3 is 2.84 bits per heavy atom. The van der Waals surface area contributed by atoms with Crippen molar-refractivity contribution in [2.45, 2.75) is 25.6 Å². The summed E-state index contributed by atoms with van der Waals surface area (Å²) in [5, 5.41) is 20.6. The van der Waals surface area contributed by atoms with Crippen LogP contribution in [0.4, 0.5) is 0 Å². The van der Waals surface area contributed by atoms with E-state index in [4.69, 9.17) is 9.15 Å². The summed E-state index contributed by atoms with van der Waals surface area (Å²) < 4.78 is 10.0. The Labute approximate surface area is 110 Å². The number of carbonyl (C=O) groups is 1. The molecule has 1 aromatic carbocycles. The lowest BCUT2D eigenvalue weighted by atomic mass is 10.0. The molecule has 2 rings (SSSR count). The summed E-state index contributed by atoms with van der Waals surface area (Å²) >= 11 is 0. The number of hydrogen-bond donors (Lipinski definition) is 2. The van der Waals surface area contributed by atoms with Crippen LogP contribution in [0.3, 0.4) is 0 Å². The largest absolute Gasteiger partial charge is 0.466 e. The third-order valence-corrected chi connectivity index (χ3v) is 2.88.